The van der Waals surface area contributed by atoms with E-state index in [1.807, 2.05) is 6.92 Å². The van der Waals surface area contributed by atoms with E-state index in [0.29, 0.717) is 6.42 Å². The van der Waals surface area contributed by atoms with E-state index in [2.05, 4.69) is 15.9 Å². The first-order valence-corrected chi connectivity index (χ1v) is 5.15. The normalized spacial score (nSPS) is 10.7. The number of carbonyl (C=O) groups is 1. The van der Waals surface area contributed by atoms with Gasteiger partial charge in [-0.15, -0.1) is 0 Å². The summed E-state index contributed by atoms with van der Waals surface area (Å²) in [6.07, 6.45) is 7.49. The van der Waals surface area contributed by atoms with Crippen LogP contribution in [0.2, 0.25) is 0 Å². The van der Waals surface area contributed by atoms with Crippen molar-refractivity contribution in [3.8, 4) is 0 Å². The van der Waals surface area contributed by atoms with Gasteiger partial charge in [-0.05, 0) is 25.8 Å². The summed E-state index contributed by atoms with van der Waals surface area (Å²) in [6.45, 7) is 1.87. The number of hydrogen-bond acceptors (Lipinski definition) is 1. The van der Waals surface area contributed by atoms with E-state index in [1.165, 1.54) is 6.42 Å². The monoisotopic (exact) mass is 218 g/mol. The third-order valence-corrected chi connectivity index (χ3v) is 1.97. The van der Waals surface area contributed by atoms with E-state index in [9.17, 15) is 4.79 Å². The fourth-order valence-electron chi connectivity index (χ4n) is 0.840. The van der Waals surface area contributed by atoms with E-state index in [-0.39, 0.29) is 5.78 Å². The molecule has 0 aromatic heterocycles. The molecule has 0 rings (SSSR count). The predicted octanol–water partition coefficient (Wildman–Crippen LogP) is 3.09. The summed E-state index contributed by atoms with van der Waals surface area (Å²) in [5, 5.41) is 1.05. The Morgan fingerprint density at radius 1 is 1.36 bits per heavy atom. The molecular weight excluding hydrogens is 204 g/mol. The molecule has 0 atom stereocenters. The van der Waals surface area contributed by atoms with Gasteiger partial charge in [-0.25, -0.2) is 0 Å². The van der Waals surface area contributed by atoms with Crippen molar-refractivity contribution in [3.63, 3.8) is 0 Å². The number of halogens is 1. The zero-order valence-electron chi connectivity index (χ0n) is 6.98. The van der Waals surface area contributed by atoms with Gasteiger partial charge in [0.25, 0.3) is 0 Å². The quantitative estimate of drug-likeness (QED) is 0.381. The van der Waals surface area contributed by atoms with Crippen LogP contribution in [-0.2, 0) is 4.79 Å². The van der Waals surface area contributed by atoms with Gasteiger partial charge in [0, 0.05) is 11.8 Å². The highest BCUT2D eigenvalue weighted by molar-refractivity contribution is 9.09. The van der Waals surface area contributed by atoms with Crippen molar-refractivity contribution in [2.75, 3.05) is 5.33 Å². The number of alkyl halides is 1. The fourth-order valence-corrected chi connectivity index (χ4v) is 1.24. The Morgan fingerprint density at radius 2 is 2.09 bits per heavy atom. The standard InChI is InChI=1S/C9H15BrO/c1-2-6-9(11)7-4-3-5-8-10/h2,6H,3-5,7-8H2,1H3/b6-2+. The van der Waals surface area contributed by atoms with Crippen LogP contribution in [0.1, 0.15) is 32.6 Å². The molecule has 0 N–H and O–H groups in total. The second-order valence-electron chi connectivity index (χ2n) is 2.47. The third kappa shape index (κ3) is 7.79. The maximum atomic E-state index is 10.9. The van der Waals surface area contributed by atoms with Crippen molar-refractivity contribution in [1.29, 1.82) is 0 Å². The van der Waals surface area contributed by atoms with Crippen LogP contribution in [0.25, 0.3) is 0 Å². The Balaban J connectivity index is 3.17. The molecule has 2 heteroatoms. The Hall–Kier alpha value is -0.110. The number of carbonyl (C=O) groups excluding carboxylic acids is 1. The number of unbranched alkanes of at least 4 members (excludes halogenated alkanes) is 2. The Labute approximate surface area is 77.0 Å². The summed E-state index contributed by atoms with van der Waals surface area (Å²) in [4.78, 5) is 10.9. The Morgan fingerprint density at radius 3 is 2.64 bits per heavy atom. The molecule has 0 heterocycles. The van der Waals surface area contributed by atoms with Gasteiger partial charge < -0.3 is 0 Å². The zero-order valence-corrected chi connectivity index (χ0v) is 8.56. The number of allylic oxidation sites excluding steroid dienone is 2. The van der Waals surface area contributed by atoms with Crippen LogP contribution in [0.5, 0.6) is 0 Å². The van der Waals surface area contributed by atoms with Crippen LogP contribution in [-0.4, -0.2) is 11.1 Å². The molecule has 1 nitrogen and oxygen atoms in total. The lowest BCUT2D eigenvalue weighted by atomic mass is 10.1. The first kappa shape index (κ1) is 10.9. The topological polar surface area (TPSA) is 17.1 Å². The Bertz CT molecular complexity index is 130. The van der Waals surface area contributed by atoms with E-state index >= 15 is 0 Å². The lowest BCUT2D eigenvalue weighted by Crippen LogP contribution is -1.91. The lowest BCUT2D eigenvalue weighted by Gasteiger charge is -1.94. The van der Waals surface area contributed by atoms with Crippen LogP contribution in [0.3, 0.4) is 0 Å². The van der Waals surface area contributed by atoms with Crippen LogP contribution in [0.15, 0.2) is 12.2 Å². The summed E-state index contributed by atoms with van der Waals surface area (Å²) in [6, 6.07) is 0. The highest BCUT2D eigenvalue weighted by atomic mass is 79.9. The zero-order chi connectivity index (χ0) is 8.53. The van der Waals surface area contributed by atoms with Crippen molar-refractivity contribution in [2.45, 2.75) is 32.6 Å². The largest absolute Gasteiger partial charge is 0.295 e. The number of ketones is 1. The molecule has 0 unspecified atom stereocenters. The van der Waals surface area contributed by atoms with Crippen molar-refractivity contribution >= 4 is 21.7 Å². The van der Waals surface area contributed by atoms with Gasteiger partial charge in [0.2, 0.25) is 0 Å². The average molecular weight is 219 g/mol. The van der Waals surface area contributed by atoms with Gasteiger partial charge in [0.1, 0.15) is 0 Å². The van der Waals surface area contributed by atoms with E-state index in [0.717, 1.165) is 18.2 Å². The maximum Gasteiger partial charge on any atom is 0.155 e. The van der Waals surface area contributed by atoms with Gasteiger partial charge >= 0.3 is 0 Å². The molecule has 0 aliphatic carbocycles. The molecule has 0 fully saturated rings. The molecule has 0 amide bonds. The fraction of sp³-hybridized carbons (Fsp3) is 0.667. The van der Waals surface area contributed by atoms with E-state index in [1.54, 1.807) is 12.2 Å². The maximum absolute atomic E-state index is 10.9. The molecule has 0 aromatic carbocycles. The highest BCUT2D eigenvalue weighted by Gasteiger charge is 1.94. The second-order valence-corrected chi connectivity index (χ2v) is 3.26. The molecule has 0 spiro atoms. The molecule has 0 aliphatic heterocycles. The van der Waals surface area contributed by atoms with E-state index in [4.69, 9.17) is 0 Å². The minimum Gasteiger partial charge on any atom is -0.295 e. The Kier molecular flexibility index (Phi) is 7.91. The smallest absolute Gasteiger partial charge is 0.155 e. The first-order chi connectivity index (χ1) is 5.31. The van der Waals surface area contributed by atoms with Crippen LogP contribution in [0, 0.1) is 0 Å². The molecule has 0 saturated heterocycles. The average Bonchev–Trinajstić information content (AvgIpc) is 1.99. The second kappa shape index (κ2) is 7.99. The highest BCUT2D eigenvalue weighted by Crippen LogP contribution is 2.02. The lowest BCUT2D eigenvalue weighted by molar-refractivity contribution is -0.114. The number of hydrogen-bond donors (Lipinski definition) is 0. The minimum atomic E-state index is 0.252. The summed E-state index contributed by atoms with van der Waals surface area (Å²) >= 11 is 3.35. The summed E-state index contributed by atoms with van der Waals surface area (Å²) in [5.74, 6) is 0.252. The van der Waals surface area contributed by atoms with Gasteiger partial charge in [0.15, 0.2) is 5.78 Å². The molecule has 0 radical (unpaired) electrons. The van der Waals surface area contributed by atoms with Crippen LogP contribution in [0.4, 0.5) is 0 Å². The first-order valence-electron chi connectivity index (χ1n) is 4.02. The molecule has 11 heavy (non-hydrogen) atoms. The summed E-state index contributed by atoms with van der Waals surface area (Å²) in [5.41, 5.74) is 0. The van der Waals surface area contributed by atoms with Gasteiger partial charge in [-0.1, -0.05) is 28.4 Å². The number of rotatable bonds is 6. The predicted molar refractivity (Wildman–Crippen MR) is 52.1 cm³/mol. The summed E-state index contributed by atoms with van der Waals surface area (Å²) in [7, 11) is 0. The van der Waals surface area contributed by atoms with Crippen molar-refractivity contribution in [2.24, 2.45) is 0 Å². The summed E-state index contributed by atoms with van der Waals surface area (Å²) < 4.78 is 0. The molecule has 0 bridgehead atoms. The molecule has 0 aromatic rings. The van der Waals surface area contributed by atoms with Crippen LogP contribution < -0.4 is 0 Å². The minimum absolute atomic E-state index is 0.252. The van der Waals surface area contributed by atoms with Crippen molar-refractivity contribution in [3.05, 3.63) is 12.2 Å². The molecule has 0 aliphatic rings. The van der Waals surface area contributed by atoms with Crippen molar-refractivity contribution in [1.82, 2.24) is 0 Å². The molecule has 0 saturated carbocycles. The van der Waals surface area contributed by atoms with Crippen LogP contribution >= 0.6 is 15.9 Å². The van der Waals surface area contributed by atoms with Gasteiger partial charge in [-0.3, -0.25) is 4.79 Å². The van der Waals surface area contributed by atoms with Crippen molar-refractivity contribution < 1.29 is 4.79 Å². The SMILES string of the molecule is C/C=C/C(=O)CCCCCBr. The molecular formula is C9H15BrO. The van der Waals surface area contributed by atoms with E-state index < -0.39 is 0 Å². The third-order valence-electron chi connectivity index (χ3n) is 1.41. The van der Waals surface area contributed by atoms with Gasteiger partial charge in [-0.2, -0.15) is 0 Å². The van der Waals surface area contributed by atoms with Gasteiger partial charge in [0.05, 0.1) is 0 Å². The molecule has 64 valence electrons.